The van der Waals surface area contributed by atoms with Crippen LogP contribution in [-0.4, -0.2) is 12.6 Å². The molecule has 0 aromatic rings. The molecule has 86 valence electrons. The van der Waals surface area contributed by atoms with E-state index < -0.39 is 0 Å². The van der Waals surface area contributed by atoms with Gasteiger partial charge in [-0.1, -0.05) is 13.8 Å². The van der Waals surface area contributed by atoms with Crippen LogP contribution in [0.2, 0.25) is 0 Å². The van der Waals surface area contributed by atoms with Gasteiger partial charge >= 0.3 is 5.97 Å². The second-order valence-corrected chi connectivity index (χ2v) is 5.71. The Morgan fingerprint density at radius 3 is 2.67 bits per heavy atom. The largest absolute Gasteiger partial charge is 0.466 e. The minimum atomic E-state index is 0.00338. The molecule has 0 aliphatic heterocycles. The number of carbonyl (C=O) groups excluding carboxylic acids is 1. The van der Waals surface area contributed by atoms with Crippen LogP contribution in [0.4, 0.5) is 0 Å². The van der Waals surface area contributed by atoms with Gasteiger partial charge in [0.2, 0.25) is 0 Å². The monoisotopic (exact) mass is 210 g/mol. The summed E-state index contributed by atoms with van der Waals surface area (Å²) in [6.07, 6.45) is 4.54. The molecule has 15 heavy (non-hydrogen) atoms. The molecule has 3 fully saturated rings. The van der Waals surface area contributed by atoms with Crippen LogP contribution in [-0.2, 0) is 9.53 Å². The van der Waals surface area contributed by atoms with Crippen molar-refractivity contribution in [2.24, 2.45) is 23.2 Å². The number of carbonyl (C=O) groups is 1. The average molecular weight is 210 g/mol. The molecule has 0 amide bonds. The van der Waals surface area contributed by atoms with Crippen molar-refractivity contribution in [1.82, 2.24) is 0 Å². The molecule has 0 saturated heterocycles. The summed E-state index contributed by atoms with van der Waals surface area (Å²) in [6, 6.07) is 0. The highest BCUT2D eigenvalue weighted by molar-refractivity contribution is 5.69. The average Bonchev–Trinajstić information content (AvgIpc) is 2.17. The van der Waals surface area contributed by atoms with Gasteiger partial charge in [-0.2, -0.15) is 0 Å². The van der Waals surface area contributed by atoms with Gasteiger partial charge in [-0.05, 0) is 49.4 Å². The molecule has 0 heterocycles. The van der Waals surface area contributed by atoms with Crippen molar-refractivity contribution in [2.75, 3.05) is 6.61 Å². The van der Waals surface area contributed by atoms with Crippen LogP contribution in [0.25, 0.3) is 0 Å². The first-order valence-electron chi connectivity index (χ1n) is 6.21. The third-order valence-corrected chi connectivity index (χ3v) is 4.74. The quantitative estimate of drug-likeness (QED) is 0.669. The van der Waals surface area contributed by atoms with E-state index in [1.54, 1.807) is 0 Å². The van der Waals surface area contributed by atoms with Crippen molar-refractivity contribution in [2.45, 2.75) is 46.5 Å². The molecule has 3 rings (SSSR count). The summed E-state index contributed by atoms with van der Waals surface area (Å²) >= 11 is 0. The van der Waals surface area contributed by atoms with E-state index in [-0.39, 0.29) is 5.97 Å². The smallest absolute Gasteiger partial charge is 0.306 e. The molecule has 2 bridgehead atoms. The number of rotatable bonds is 3. The number of esters is 1. The fourth-order valence-corrected chi connectivity index (χ4v) is 3.64. The van der Waals surface area contributed by atoms with E-state index in [2.05, 4.69) is 13.8 Å². The first-order chi connectivity index (χ1) is 7.05. The lowest BCUT2D eigenvalue weighted by molar-refractivity contribution is -0.152. The van der Waals surface area contributed by atoms with Gasteiger partial charge in [0.15, 0.2) is 0 Å². The molecule has 3 aliphatic carbocycles. The van der Waals surface area contributed by atoms with Gasteiger partial charge in [0.1, 0.15) is 0 Å². The highest BCUT2D eigenvalue weighted by Crippen LogP contribution is 2.61. The molecule has 2 nitrogen and oxygen atoms in total. The van der Waals surface area contributed by atoms with E-state index in [9.17, 15) is 4.79 Å². The SMILES string of the molecule is CCOC(=O)C[C@H]1CC[C@@H]2C[C@H]1C2(C)C. The molecular formula is C13H22O2. The minimum absolute atomic E-state index is 0.00338. The summed E-state index contributed by atoms with van der Waals surface area (Å²) in [5.41, 5.74) is 0.482. The van der Waals surface area contributed by atoms with Crippen molar-refractivity contribution in [3.8, 4) is 0 Å². The van der Waals surface area contributed by atoms with Gasteiger partial charge in [0, 0.05) is 6.42 Å². The summed E-state index contributed by atoms with van der Waals surface area (Å²) in [5.74, 6) is 2.27. The summed E-state index contributed by atoms with van der Waals surface area (Å²) in [4.78, 5) is 11.5. The van der Waals surface area contributed by atoms with Crippen molar-refractivity contribution in [3.05, 3.63) is 0 Å². The normalized spacial score (nSPS) is 36.9. The third kappa shape index (κ3) is 1.79. The lowest BCUT2D eigenvalue weighted by Gasteiger charge is -2.60. The predicted octanol–water partition coefficient (Wildman–Crippen LogP) is 3.01. The van der Waals surface area contributed by atoms with E-state index in [1.807, 2.05) is 6.92 Å². The Balaban J connectivity index is 1.91. The third-order valence-electron chi connectivity index (χ3n) is 4.74. The van der Waals surface area contributed by atoms with Crippen molar-refractivity contribution < 1.29 is 9.53 Å². The molecule has 3 saturated carbocycles. The van der Waals surface area contributed by atoms with E-state index in [0.29, 0.717) is 24.4 Å². The molecule has 3 atom stereocenters. The Labute approximate surface area is 92.4 Å². The highest BCUT2D eigenvalue weighted by Gasteiger charge is 2.54. The molecule has 0 unspecified atom stereocenters. The summed E-state index contributed by atoms with van der Waals surface area (Å²) in [5, 5.41) is 0. The zero-order chi connectivity index (χ0) is 11.1. The van der Waals surface area contributed by atoms with Crippen LogP contribution >= 0.6 is 0 Å². The lowest BCUT2D eigenvalue weighted by atomic mass is 9.45. The maximum absolute atomic E-state index is 11.5. The Morgan fingerprint density at radius 1 is 1.40 bits per heavy atom. The molecule has 0 N–H and O–H groups in total. The van der Waals surface area contributed by atoms with E-state index >= 15 is 0 Å². The predicted molar refractivity (Wildman–Crippen MR) is 59.4 cm³/mol. The zero-order valence-electron chi connectivity index (χ0n) is 10.1. The highest BCUT2D eigenvalue weighted by atomic mass is 16.5. The van der Waals surface area contributed by atoms with Crippen molar-refractivity contribution in [3.63, 3.8) is 0 Å². The maximum Gasteiger partial charge on any atom is 0.306 e. The van der Waals surface area contributed by atoms with Crippen molar-refractivity contribution in [1.29, 1.82) is 0 Å². The van der Waals surface area contributed by atoms with Crippen LogP contribution in [0.5, 0.6) is 0 Å². The Morgan fingerprint density at radius 2 is 2.13 bits per heavy atom. The van der Waals surface area contributed by atoms with Gasteiger partial charge in [0.25, 0.3) is 0 Å². The Bertz CT molecular complexity index is 255. The molecule has 0 aromatic heterocycles. The van der Waals surface area contributed by atoms with Crippen LogP contribution in [0.1, 0.15) is 46.5 Å². The number of hydrogen-bond acceptors (Lipinski definition) is 2. The summed E-state index contributed by atoms with van der Waals surface area (Å²) < 4.78 is 5.04. The molecule has 0 radical (unpaired) electrons. The van der Waals surface area contributed by atoms with Gasteiger partial charge < -0.3 is 4.74 Å². The minimum Gasteiger partial charge on any atom is -0.466 e. The van der Waals surface area contributed by atoms with E-state index in [0.717, 1.165) is 11.8 Å². The maximum atomic E-state index is 11.5. The van der Waals surface area contributed by atoms with Gasteiger partial charge in [-0.15, -0.1) is 0 Å². The fraction of sp³-hybridized carbons (Fsp3) is 0.923. The molecular weight excluding hydrogens is 188 g/mol. The van der Waals surface area contributed by atoms with Crippen LogP contribution < -0.4 is 0 Å². The molecule has 0 spiro atoms. The molecule has 2 heteroatoms. The second kappa shape index (κ2) is 3.80. The standard InChI is InChI=1S/C13H22O2/c1-4-15-12(14)7-9-5-6-10-8-11(9)13(10,2)3/h9-11H,4-8H2,1-3H3/t9-,10-,11-/m1/s1. The lowest BCUT2D eigenvalue weighted by Crippen LogP contribution is -2.52. The number of hydrogen-bond donors (Lipinski definition) is 0. The fourth-order valence-electron chi connectivity index (χ4n) is 3.64. The number of ether oxygens (including phenoxy) is 1. The molecule has 3 aliphatic rings. The van der Waals surface area contributed by atoms with Crippen molar-refractivity contribution >= 4 is 5.97 Å². The summed E-state index contributed by atoms with van der Waals surface area (Å²) in [6.45, 7) is 7.12. The zero-order valence-corrected chi connectivity index (χ0v) is 10.1. The topological polar surface area (TPSA) is 26.3 Å². The van der Waals surface area contributed by atoms with E-state index in [1.165, 1.54) is 19.3 Å². The van der Waals surface area contributed by atoms with E-state index in [4.69, 9.17) is 4.74 Å². The van der Waals surface area contributed by atoms with Gasteiger partial charge in [0.05, 0.1) is 6.61 Å². The van der Waals surface area contributed by atoms with Crippen LogP contribution in [0, 0.1) is 23.2 Å². The van der Waals surface area contributed by atoms with Gasteiger partial charge in [-0.3, -0.25) is 4.79 Å². The first-order valence-corrected chi connectivity index (χ1v) is 6.21. The summed E-state index contributed by atoms with van der Waals surface area (Å²) in [7, 11) is 0. The Kier molecular flexibility index (Phi) is 2.78. The number of fused-ring (bicyclic) bond motifs is 2. The van der Waals surface area contributed by atoms with Gasteiger partial charge in [-0.25, -0.2) is 0 Å². The first kappa shape index (κ1) is 11.0. The second-order valence-electron chi connectivity index (χ2n) is 5.71. The Hall–Kier alpha value is -0.530. The molecule has 0 aromatic carbocycles. The van der Waals surface area contributed by atoms with Crippen LogP contribution in [0.3, 0.4) is 0 Å². The van der Waals surface area contributed by atoms with Crippen LogP contribution in [0.15, 0.2) is 0 Å².